The van der Waals surface area contributed by atoms with Gasteiger partial charge in [-0.1, -0.05) is 13.8 Å². The molecule has 0 N–H and O–H groups in total. The minimum absolute atomic E-state index is 0.418. The van der Waals surface area contributed by atoms with Crippen LogP contribution in [-0.2, 0) is 7.05 Å². The van der Waals surface area contributed by atoms with E-state index in [4.69, 9.17) is 0 Å². The molecule has 0 radical (unpaired) electrons. The topological polar surface area (TPSA) is 52.7 Å². The smallest absolute Gasteiger partial charge is 0.162 e. The Morgan fingerprint density at radius 3 is 2.62 bits per heavy atom. The molecule has 0 bridgehead atoms. The van der Waals surface area contributed by atoms with E-state index >= 15 is 0 Å². The van der Waals surface area contributed by atoms with Gasteiger partial charge in [-0.25, -0.2) is 4.68 Å². The number of aromatic nitrogens is 4. The minimum Gasteiger partial charge on any atom is -0.298 e. The van der Waals surface area contributed by atoms with E-state index in [2.05, 4.69) is 24.0 Å². The highest BCUT2D eigenvalue weighted by Gasteiger charge is 2.12. The molecule has 0 amide bonds. The summed E-state index contributed by atoms with van der Waals surface area (Å²) in [5.74, 6) is 1.11. The van der Waals surface area contributed by atoms with E-state index in [1.54, 1.807) is 22.6 Å². The van der Waals surface area contributed by atoms with Gasteiger partial charge in [-0.15, -0.1) is 0 Å². The van der Waals surface area contributed by atoms with E-state index in [-0.39, 0.29) is 0 Å². The first-order valence-electron chi connectivity index (χ1n) is 5.15. The van der Waals surface area contributed by atoms with Gasteiger partial charge in [0.15, 0.2) is 12.1 Å². The van der Waals surface area contributed by atoms with Gasteiger partial charge < -0.3 is 0 Å². The number of hydrogen-bond donors (Lipinski definition) is 0. The zero-order valence-corrected chi connectivity index (χ0v) is 9.58. The molecule has 2 rings (SSSR count). The summed E-state index contributed by atoms with van der Waals surface area (Å²) >= 11 is 0. The highest BCUT2D eigenvalue weighted by Crippen LogP contribution is 2.16. The Hall–Kier alpha value is -1.91. The van der Waals surface area contributed by atoms with Crippen molar-refractivity contribution in [2.24, 2.45) is 7.05 Å². The summed E-state index contributed by atoms with van der Waals surface area (Å²) in [5, 5.41) is 8.29. The van der Waals surface area contributed by atoms with Gasteiger partial charge in [0, 0.05) is 13.2 Å². The van der Waals surface area contributed by atoms with Crippen LogP contribution in [0.5, 0.6) is 0 Å². The second-order valence-corrected chi connectivity index (χ2v) is 4.04. The SMILES string of the molecule is CC(C)c1cnn(-c2c(C=O)cnn2C)c1. The van der Waals surface area contributed by atoms with Crippen molar-refractivity contribution >= 4 is 6.29 Å². The molecular weight excluding hydrogens is 204 g/mol. The zero-order valence-electron chi connectivity index (χ0n) is 9.58. The maximum Gasteiger partial charge on any atom is 0.162 e. The van der Waals surface area contributed by atoms with Gasteiger partial charge >= 0.3 is 0 Å². The van der Waals surface area contributed by atoms with Crippen molar-refractivity contribution < 1.29 is 4.79 Å². The molecule has 2 aromatic heterocycles. The average molecular weight is 218 g/mol. The van der Waals surface area contributed by atoms with E-state index in [0.717, 1.165) is 11.8 Å². The fourth-order valence-electron chi connectivity index (χ4n) is 1.56. The van der Waals surface area contributed by atoms with E-state index in [0.29, 0.717) is 17.3 Å². The van der Waals surface area contributed by atoms with Gasteiger partial charge in [0.1, 0.15) is 0 Å². The molecule has 0 unspecified atom stereocenters. The predicted molar refractivity (Wildman–Crippen MR) is 59.8 cm³/mol. The van der Waals surface area contributed by atoms with Crippen molar-refractivity contribution in [2.75, 3.05) is 0 Å². The summed E-state index contributed by atoms with van der Waals surface area (Å²) in [4.78, 5) is 10.9. The van der Waals surface area contributed by atoms with E-state index in [9.17, 15) is 4.79 Å². The Morgan fingerprint density at radius 2 is 2.06 bits per heavy atom. The van der Waals surface area contributed by atoms with Gasteiger partial charge in [-0.2, -0.15) is 10.2 Å². The van der Waals surface area contributed by atoms with Gasteiger partial charge in [0.2, 0.25) is 0 Å². The molecule has 84 valence electrons. The van der Waals surface area contributed by atoms with Crippen LogP contribution >= 0.6 is 0 Å². The fourth-order valence-corrected chi connectivity index (χ4v) is 1.56. The largest absolute Gasteiger partial charge is 0.298 e. The number of carbonyl (C=O) groups is 1. The highest BCUT2D eigenvalue weighted by molar-refractivity contribution is 5.79. The van der Waals surface area contributed by atoms with Crippen LogP contribution < -0.4 is 0 Å². The van der Waals surface area contributed by atoms with E-state index in [1.807, 2.05) is 12.4 Å². The van der Waals surface area contributed by atoms with Crippen molar-refractivity contribution in [2.45, 2.75) is 19.8 Å². The van der Waals surface area contributed by atoms with Crippen LogP contribution in [0.3, 0.4) is 0 Å². The first-order valence-corrected chi connectivity index (χ1v) is 5.15. The molecule has 0 saturated carbocycles. The molecule has 0 spiro atoms. The maximum absolute atomic E-state index is 10.9. The summed E-state index contributed by atoms with van der Waals surface area (Å²) in [5.41, 5.74) is 1.68. The Bertz CT molecular complexity index is 510. The summed E-state index contributed by atoms with van der Waals surface area (Å²) in [6.45, 7) is 4.20. The van der Waals surface area contributed by atoms with Crippen LogP contribution in [0.2, 0.25) is 0 Å². The number of carbonyl (C=O) groups excluding carboxylic acids is 1. The molecule has 2 aromatic rings. The van der Waals surface area contributed by atoms with Crippen molar-refractivity contribution in [1.29, 1.82) is 0 Å². The zero-order chi connectivity index (χ0) is 11.7. The third-order valence-electron chi connectivity index (χ3n) is 2.55. The van der Waals surface area contributed by atoms with Crippen LogP contribution in [0.1, 0.15) is 35.7 Å². The van der Waals surface area contributed by atoms with Gasteiger partial charge in [0.05, 0.1) is 18.0 Å². The van der Waals surface area contributed by atoms with E-state index < -0.39 is 0 Å². The minimum atomic E-state index is 0.418. The van der Waals surface area contributed by atoms with Crippen LogP contribution in [0.15, 0.2) is 18.6 Å². The monoisotopic (exact) mass is 218 g/mol. The Kier molecular flexibility index (Phi) is 2.60. The molecule has 0 fully saturated rings. The highest BCUT2D eigenvalue weighted by atomic mass is 16.1. The first kappa shape index (κ1) is 10.6. The Morgan fingerprint density at radius 1 is 1.31 bits per heavy atom. The third kappa shape index (κ3) is 1.64. The maximum atomic E-state index is 10.9. The molecule has 5 heteroatoms. The van der Waals surface area contributed by atoms with Gasteiger partial charge in [-0.05, 0) is 11.5 Å². The molecule has 5 nitrogen and oxygen atoms in total. The number of rotatable bonds is 3. The lowest BCUT2D eigenvalue weighted by atomic mass is 10.1. The Balaban J connectivity index is 2.49. The molecule has 0 aliphatic carbocycles. The second-order valence-electron chi connectivity index (χ2n) is 4.04. The lowest BCUT2D eigenvalue weighted by Crippen LogP contribution is -2.05. The average Bonchev–Trinajstić information content (AvgIpc) is 2.83. The van der Waals surface area contributed by atoms with Crippen molar-refractivity contribution in [3.63, 3.8) is 0 Å². The van der Waals surface area contributed by atoms with Crippen LogP contribution in [0, 0.1) is 0 Å². The van der Waals surface area contributed by atoms with Crippen molar-refractivity contribution in [1.82, 2.24) is 19.6 Å². The number of aryl methyl sites for hydroxylation is 1. The lowest BCUT2D eigenvalue weighted by Gasteiger charge is -2.02. The standard InChI is InChI=1S/C11H14N4O/c1-8(2)9-4-13-15(6-9)11-10(7-16)5-12-14(11)3/h4-8H,1-3H3. The second kappa shape index (κ2) is 3.92. The van der Waals surface area contributed by atoms with Gasteiger partial charge in [0.25, 0.3) is 0 Å². The van der Waals surface area contributed by atoms with Crippen LogP contribution in [-0.4, -0.2) is 25.8 Å². The molecule has 16 heavy (non-hydrogen) atoms. The first-order chi connectivity index (χ1) is 7.63. The molecule has 0 saturated heterocycles. The molecule has 2 heterocycles. The summed E-state index contributed by atoms with van der Waals surface area (Å²) in [7, 11) is 1.79. The molecule has 0 aromatic carbocycles. The summed E-state index contributed by atoms with van der Waals surface area (Å²) in [6.07, 6.45) is 6.07. The van der Waals surface area contributed by atoms with Crippen molar-refractivity contribution in [3.8, 4) is 5.82 Å². The molecule has 0 aliphatic rings. The number of hydrogen-bond acceptors (Lipinski definition) is 3. The predicted octanol–water partition coefficient (Wildman–Crippen LogP) is 1.54. The van der Waals surface area contributed by atoms with Crippen molar-refractivity contribution in [3.05, 3.63) is 29.7 Å². The Labute approximate surface area is 93.7 Å². The normalized spacial score (nSPS) is 11.0. The van der Waals surface area contributed by atoms with Gasteiger partial charge in [-0.3, -0.25) is 9.48 Å². The molecule has 0 aliphatic heterocycles. The summed E-state index contributed by atoms with van der Waals surface area (Å²) < 4.78 is 3.33. The number of aldehydes is 1. The third-order valence-corrected chi connectivity index (χ3v) is 2.55. The van der Waals surface area contributed by atoms with E-state index in [1.165, 1.54) is 0 Å². The quantitative estimate of drug-likeness (QED) is 0.734. The van der Waals surface area contributed by atoms with Crippen LogP contribution in [0.4, 0.5) is 0 Å². The fraction of sp³-hybridized carbons (Fsp3) is 0.364. The van der Waals surface area contributed by atoms with Crippen LogP contribution in [0.25, 0.3) is 5.82 Å². The molecule has 0 atom stereocenters. The summed E-state index contributed by atoms with van der Waals surface area (Å²) in [6, 6.07) is 0. The lowest BCUT2D eigenvalue weighted by molar-refractivity contribution is 0.112. The number of nitrogens with zero attached hydrogens (tertiary/aromatic N) is 4. The molecular formula is C11H14N4O.